The van der Waals surface area contributed by atoms with Crippen LogP contribution >= 0.6 is 15.9 Å². The lowest BCUT2D eigenvalue weighted by atomic mass is 10.1. The molecule has 0 bridgehead atoms. The molecule has 0 fully saturated rings. The summed E-state index contributed by atoms with van der Waals surface area (Å²) in [4.78, 5) is 37.3. The monoisotopic (exact) mass is 520 g/mol. The van der Waals surface area contributed by atoms with Crippen molar-refractivity contribution in [2.24, 2.45) is 5.10 Å². The van der Waals surface area contributed by atoms with Crippen LogP contribution in [0.15, 0.2) is 95.0 Å². The summed E-state index contributed by atoms with van der Waals surface area (Å²) in [5.74, 6) is -1.88. The second-order valence-electron chi connectivity index (χ2n) is 6.80. The Morgan fingerprint density at radius 3 is 2.44 bits per heavy atom. The van der Waals surface area contributed by atoms with Crippen LogP contribution in [0.5, 0.6) is 5.75 Å². The van der Waals surface area contributed by atoms with Crippen LogP contribution in [0, 0.1) is 0 Å². The maximum absolute atomic E-state index is 12.6. The van der Waals surface area contributed by atoms with Crippen molar-refractivity contribution >= 4 is 51.2 Å². The third kappa shape index (κ3) is 6.88. The van der Waals surface area contributed by atoms with Gasteiger partial charge in [-0.3, -0.25) is 14.4 Å². The van der Waals surface area contributed by atoms with Gasteiger partial charge < -0.3 is 15.4 Å². The van der Waals surface area contributed by atoms with Crippen LogP contribution < -0.4 is 20.8 Å². The van der Waals surface area contributed by atoms with Crippen molar-refractivity contribution in [3.8, 4) is 5.75 Å². The van der Waals surface area contributed by atoms with Crippen LogP contribution in [0.4, 0.5) is 11.4 Å². The molecule has 0 aliphatic rings. The Bertz CT molecular complexity index is 1230. The minimum absolute atomic E-state index is 0.187. The summed E-state index contributed by atoms with van der Waals surface area (Å²) in [7, 11) is 0. The SMILES string of the molecule is C=CCOc1ccc(Br)cc1/C=N\NC(=O)C(=O)Nc1ccccc1C(=O)Nc1ccccc1. The van der Waals surface area contributed by atoms with Gasteiger partial charge in [-0.05, 0) is 42.5 Å². The van der Waals surface area contributed by atoms with E-state index in [2.05, 4.69) is 43.7 Å². The number of nitrogens with one attached hydrogen (secondary N) is 3. The fourth-order valence-corrected chi connectivity index (χ4v) is 3.18. The van der Waals surface area contributed by atoms with E-state index in [1.807, 2.05) is 6.07 Å². The molecule has 3 aromatic rings. The molecule has 0 saturated carbocycles. The number of halogens is 1. The fourth-order valence-electron chi connectivity index (χ4n) is 2.80. The summed E-state index contributed by atoms with van der Waals surface area (Å²) < 4.78 is 6.33. The first kappa shape index (κ1) is 24.4. The molecule has 3 amide bonds. The van der Waals surface area contributed by atoms with Crippen molar-refractivity contribution < 1.29 is 19.1 Å². The first-order valence-electron chi connectivity index (χ1n) is 10.1. The highest BCUT2D eigenvalue weighted by molar-refractivity contribution is 9.10. The highest BCUT2D eigenvalue weighted by Crippen LogP contribution is 2.22. The number of hydrazone groups is 1. The van der Waals surface area contributed by atoms with Gasteiger partial charge in [0.15, 0.2) is 0 Å². The maximum Gasteiger partial charge on any atom is 0.329 e. The number of hydrogen-bond acceptors (Lipinski definition) is 5. The molecule has 0 aliphatic carbocycles. The molecule has 0 saturated heterocycles. The highest BCUT2D eigenvalue weighted by Gasteiger charge is 2.18. The molecule has 172 valence electrons. The molecule has 3 rings (SSSR count). The van der Waals surface area contributed by atoms with Crippen molar-refractivity contribution in [1.29, 1.82) is 0 Å². The van der Waals surface area contributed by atoms with E-state index >= 15 is 0 Å². The number of hydrogen-bond donors (Lipinski definition) is 3. The van der Waals surface area contributed by atoms with Crippen molar-refractivity contribution in [3.63, 3.8) is 0 Å². The summed E-state index contributed by atoms with van der Waals surface area (Å²) >= 11 is 3.36. The van der Waals surface area contributed by atoms with Gasteiger partial charge in [0.2, 0.25) is 0 Å². The number of anilines is 2. The van der Waals surface area contributed by atoms with Gasteiger partial charge >= 0.3 is 11.8 Å². The fraction of sp³-hybridized carbons (Fsp3) is 0.0400. The topological polar surface area (TPSA) is 109 Å². The van der Waals surface area contributed by atoms with E-state index in [4.69, 9.17) is 4.74 Å². The number of nitrogens with zero attached hydrogens (tertiary/aromatic N) is 1. The van der Waals surface area contributed by atoms with Gasteiger partial charge in [0.05, 0.1) is 17.5 Å². The average molecular weight is 521 g/mol. The van der Waals surface area contributed by atoms with E-state index in [0.717, 1.165) is 4.47 Å². The normalized spacial score (nSPS) is 10.4. The number of benzene rings is 3. The van der Waals surface area contributed by atoms with E-state index < -0.39 is 17.7 Å². The quantitative estimate of drug-likeness (QED) is 0.177. The Morgan fingerprint density at radius 1 is 0.941 bits per heavy atom. The predicted molar refractivity (Wildman–Crippen MR) is 135 cm³/mol. The van der Waals surface area contributed by atoms with Crippen molar-refractivity contribution in [2.45, 2.75) is 0 Å². The number of carbonyl (C=O) groups is 3. The molecule has 0 aromatic heterocycles. The molecular weight excluding hydrogens is 500 g/mol. The first-order chi connectivity index (χ1) is 16.5. The smallest absolute Gasteiger partial charge is 0.329 e. The van der Waals surface area contributed by atoms with Gasteiger partial charge in [-0.2, -0.15) is 5.10 Å². The van der Waals surface area contributed by atoms with Gasteiger partial charge in [-0.1, -0.05) is 58.9 Å². The zero-order valence-electron chi connectivity index (χ0n) is 18.0. The molecule has 8 nitrogen and oxygen atoms in total. The van der Waals surface area contributed by atoms with Gasteiger partial charge in [0, 0.05) is 15.7 Å². The zero-order chi connectivity index (χ0) is 24.3. The van der Waals surface area contributed by atoms with E-state index in [9.17, 15) is 14.4 Å². The molecule has 34 heavy (non-hydrogen) atoms. The van der Waals surface area contributed by atoms with Crippen molar-refractivity contribution in [2.75, 3.05) is 17.2 Å². The zero-order valence-corrected chi connectivity index (χ0v) is 19.5. The second kappa shape index (κ2) is 12.1. The summed E-state index contributed by atoms with van der Waals surface area (Å²) in [5.41, 5.74) is 3.74. The van der Waals surface area contributed by atoms with Gasteiger partial charge in [-0.15, -0.1) is 0 Å². The van der Waals surface area contributed by atoms with Gasteiger partial charge in [0.25, 0.3) is 5.91 Å². The Kier molecular flexibility index (Phi) is 8.70. The lowest BCUT2D eigenvalue weighted by molar-refractivity contribution is -0.136. The predicted octanol–water partition coefficient (Wildman–Crippen LogP) is 4.36. The molecule has 0 unspecified atom stereocenters. The minimum Gasteiger partial charge on any atom is -0.489 e. The maximum atomic E-state index is 12.6. The molecule has 0 aliphatic heterocycles. The lowest BCUT2D eigenvalue weighted by Gasteiger charge is -2.11. The van der Waals surface area contributed by atoms with Crippen molar-refractivity contribution in [1.82, 2.24) is 5.43 Å². The van der Waals surface area contributed by atoms with Gasteiger partial charge in [-0.25, -0.2) is 5.43 Å². The van der Waals surface area contributed by atoms with E-state index in [1.54, 1.807) is 66.7 Å². The first-order valence-corrected chi connectivity index (χ1v) is 10.9. The third-order valence-corrected chi connectivity index (χ3v) is 4.85. The third-order valence-electron chi connectivity index (χ3n) is 4.36. The largest absolute Gasteiger partial charge is 0.489 e. The molecule has 0 radical (unpaired) electrons. The number of amides is 3. The number of carbonyl (C=O) groups excluding carboxylic acids is 3. The van der Waals surface area contributed by atoms with Crippen LogP contribution in [0.25, 0.3) is 0 Å². The Labute approximate surface area is 204 Å². The van der Waals surface area contributed by atoms with Crippen LogP contribution in [0.3, 0.4) is 0 Å². The van der Waals surface area contributed by atoms with E-state index in [1.165, 1.54) is 12.3 Å². The molecule has 0 heterocycles. The lowest BCUT2D eigenvalue weighted by Crippen LogP contribution is -2.33. The van der Waals surface area contributed by atoms with E-state index in [-0.39, 0.29) is 11.3 Å². The number of ether oxygens (including phenoxy) is 1. The number of rotatable bonds is 8. The standard InChI is InChI=1S/C25H21BrN4O4/c1-2-14-34-22-13-12-18(26)15-17(22)16-27-30-25(33)24(32)29-21-11-7-6-10-20(21)23(31)28-19-8-4-3-5-9-19/h2-13,15-16H,1,14H2,(H,28,31)(H,29,32)(H,30,33)/b27-16-. The summed E-state index contributed by atoms with van der Waals surface area (Å²) in [6.45, 7) is 3.91. The number of para-hydroxylation sites is 2. The van der Waals surface area contributed by atoms with Crippen LogP contribution in [0.1, 0.15) is 15.9 Å². The molecule has 3 aromatic carbocycles. The molecule has 9 heteroatoms. The van der Waals surface area contributed by atoms with Crippen LogP contribution in [-0.4, -0.2) is 30.5 Å². The average Bonchev–Trinajstić information content (AvgIpc) is 2.84. The van der Waals surface area contributed by atoms with Crippen molar-refractivity contribution in [3.05, 3.63) is 101 Å². The Balaban J connectivity index is 1.65. The Morgan fingerprint density at radius 2 is 1.68 bits per heavy atom. The second-order valence-corrected chi connectivity index (χ2v) is 7.72. The Hall–Kier alpha value is -4.24. The summed E-state index contributed by atoms with van der Waals surface area (Å²) in [6, 6.07) is 20.5. The summed E-state index contributed by atoms with van der Waals surface area (Å²) in [5, 5.41) is 9.02. The molecule has 3 N–H and O–H groups in total. The van der Waals surface area contributed by atoms with Crippen LogP contribution in [0.2, 0.25) is 0 Å². The minimum atomic E-state index is -1.00. The molecular formula is C25H21BrN4O4. The van der Waals surface area contributed by atoms with Gasteiger partial charge in [0.1, 0.15) is 12.4 Å². The molecule has 0 spiro atoms. The summed E-state index contributed by atoms with van der Waals surface area (Å²) in [6.07, 6.45) is 2.96. The van der Waals surface area contributed by atoms with E-state index in [0.29, 0.717) is 23.6 Å². The highest BCUT2D eigenvalue weighted by atomic mass is 79.9. The van der Waals surface area contributed by atoms with Crippen LogP contribution in [-0.2, 0) is 9.59 Å². The molecule has 0 atom stereocenters.